The normalized spacial score (nSPS) is 11.2. The quantitative estimate of drug-likeness (QED) is 0.335. The molecule has 0 saturated heterocycles. The summed E-state index contributed by atoms with van der Waals surface area (Å²) in [6.45, 7) is 0. The maximum atomic E-state index is 10.5. The third-order valence-corrected chi connectivity index (χ3v) is 3.79. The molecule has 0 radical (unpaired) electrons. The summed E-state index contributed by atoms with van der Waals surface area (Å²) in [7, 11) is 0. The van der Waals surface area contributed by atoms with Gasteiger partial charge in [0.05, 0.1) is 5.69 Å². The van der Waals surface area contributed by atoms with Gasteiger partial charge in [-0.05, 0) is 33.0 Å². The molecular weight excluding hydrogens is 248 g/mol. The van der Waals surface area contributed by atoms with Crippen LogP contribution in [0.15, 0.2) is 54.6 Å². The number of rotatable bonds is 3. The molecule has 0 atom stereocenters. The predicted molar refractivity (Wildman–Crippen MR) is 83.0 cm³/mol. The van der Waals surface area contributed by atoms with Crippen molar-refractivity contribution >= 4 is 44.4 Å². The highest BCUT2D eigenvalue weighted by molar-refractivity contribution is 6.25. The van der Waals surface area contributed by atoms with Crippen molar-refractivity contribution in [3.05, 3.63) is 54.6 Å². The molecule has 0 aliphatic rings. The van der Waals surface area contributed by atoms with Crippen molar-refractivity contribution in [2.24, 2.45) is 0 Å². The van der Waals surface area contributed by atoms with Crippen molar-refractivity contribution in [1.82, 2.24) is 5.43 Å². The van der Waals surface area contributed by atoms with E-state index in [1.54, 1.807) is 0 Å². The molecule has 0 aliphatic carbocycles. The van der Waals surface area contributed by atoms with Gasteiger partial charge in [0.15, 0.2) is 0 Å². The van der Waals surface area contributed by atoms with Crippen LogP contribution in [0, 0.1) is 0 Å². The van der Waals surface area contributed by atoms with E-state index in [0.717, 1.165) is 11.1 Å². The van der Waals surface area contributed by atoms with Crippen LogP contribution < -0.4 is 10.9 Å². The number of anilines is 1. The zero-order valence-corrected chi connectivity index (χ0v) is 10.7. The monoisotopic (exact) mass is 260 g/mol. The van der Waals surface area contributed by atoms with Crippen LogP contribution in [-0.4, -0.2) is 6.41 Å². The summed E-state index contributed by atoms with van der Waals surface area (Å²) >= 11 is 0. The van der Waals surface area contributed by atoms with E-state index in [2.05, 4.69) is 59.4 Å². The molecule has 96 valence electrons. The number of hydrazine groups is 1. The lowest BCUT2D eigenvalue weighted by atomic mass is 9.94. The molecule has 3 heteroatoms. The highest BCUT2D eigenvalue weighted by Gasteiger charge is 2.10. The highest BCUT2D eigenvalue weighted by atomic mass is 16.1. The Labute approximate surface area is 115 Å². The highest BCUT2D eigenvalue weighted by Crippen LogP contribution is 2.37. The van der Waals surface area contributed by atoms with E-state index < -0.39 is 0 Å². The predicted octanol–water partition coefficient (Wildman–Crippen LogP) is 3.66. The zero-order chi connectivity index (χ0) is 13.5. The van der Waals surface area contributed by atoms with Gasteiger partial charge in [0.2, 0.25) is 6.41 Å². The Morgan fingerprint density at radius 3 is 2.15 bits per heavy atom. The van der Waals surface area contributed by atoms with Crippen molar-refractivity contribution in [2.75, 3.05) is 5.43 Å². The molecule has 0 fully saturated rings. The van der Waals surface area contributed by atoms with Gasteiger partial charge < -0.3 is 0 Å². The van der Waals surface area contributed by atoms with Gasteiger partial charge in [0.1, 0.15) is 0 Å². The number of hydrogen-bond acceptors (Lipinski definition) is 2. The lowest BCUT2D eigenvalue weighted by Gasteiger charge is -2.14. The van der Waals surface area contributed by atoms with Crippen LogP contribution in [0.3, 0.4) is 0 Å². The second-order valence-electron chi connectivity index (χ2n) is 4.86. The molecule has 2 N–H and O–H groups in total. The van der Waals surface area contributed by atoms with Crippen LogP contribution in [0.1, 0.15) is 0 Å². The van der Waals surface area contributed by atoms with Crippen LogP contribution in [0.4, 0.5) is 5.69 Å². The molecule has 0 heterocycles. The number of carbonyl (C=O) groups excluding carboxylic acids is 1. The largest absolute Gasteiger partial charge is 0.298 e. The Kier molecular flexibility index (Phi) is 2.27. The standard InChI is InChI=1S/C17H12N2O/c20-10-18-19-15-9-7-13-5-4-11-2-1-3-12-6-8-14(15)17(13)16(11)12/h1-10,19H,(H,18,20). The lowest BCUT2D eigenvalue weighted by Crippen LogP contribution is -2.19. The SMILES string of the molecule is O=CNNc1ccc2ccc3cccc4ccc1c2c34. The molecule has 4 aromatic carbocycles. The molecular formula is C17H12N2O. The molecule has 0 aliphatic heterocycles. The number of carbonyl (C=O) groups is 1. The van der Waals surface area contributed by atoms with E-state index >= 15 is 0 Å². The molecule has 4 aromatic rings. The summed E-state index contributed by atoms with van der Waals surface area (Å²) in [6.07, 6.45) is 0.637. The maximum absolute atomic E-state index is 10.5. The first-order valence-corrected chi connectivity index (χ1v) is 6.50. The van der Waals surface area contributed by atoms with Gasteiger partial charge in [-0.15, -0.1) is 0 Å². The third kappa shape index (κ3) is 1.43. The van der Waals surface area contributed by atoms with Crippen LogP contribution in [0.25, 0.3) is 32.3 Å². The van der Waals surface area contributed by atoms with Crippen molar-refractivity contribution in [1.29, 1.82) is 0 Å². The van der Waals surface area contributed by atoms with Crippen molar-refractivity contribution in [3.63, 3.8) is 0 Å². The minimum atomic E-state index is 0.637. The van der Waals surface area contributed by atoms with Gasteiger partial charge in [0.25, 0.3) is 0 Å². The molecule has 0 saturated carbocycles. The molecule has 1 amide bonds. The number of benzene rings is 4. The van der Waals surface area contributed by atoms with Gasteiger partial charge in [-0.25, -0.2) is 0 Å². The first-order chi connectivity index (χ1) is 9.88. The fraction of sp³-hybridized carbons (Fsp3) is 0. The van der Waals surface area contributed by atoms with E-state index in [0.29, 0.717) is 6.41 Å². The number of nitrogens with one attached hydrogen (secondary N) is 2. The fourth-order valence-corrected chi connectivity index (χ4v) is 2.95. The van der Waals surface area contributed by atoms with Gasteiger partial charge in [-0.2, -0.15) is 0 Å². The van der Waals surface area contributed by atoms with Crippen molar-refractivity contribution in [2.45, 2.75) is 0 Å². The third-order valence-electron chi connectivity index (χ3n) is 3.79. The zero-order valence-electron chi connectivity index (χ0n) is 10.7. The average molecular weight is 260 g/mol. The summed E-state index contributed by atoms with van der Waals surface area (Å²) in [6, 6.07) is 18.9. The first-order valence-electron chi connectivity index (χ1n) is 6.50. The van der Waals surface area contributed by atoms with Crippen LogP contribution in [0.2, 0.25) is 0 Å². The van der Waals surface area contributed by atoms with Crippen LogP contribution in [-0.2, 0) is 4.79 Å². The first kappa shape index (κ1) is 11.1. The molecule has 20 heavy (non-hydrogen) atoms. The fourth-order valence-electron chi connectivity index (χ4n) is 2.95. The molecule has 4 rings (SSSR count). The minimum absolute atomic E-state index is 0.637. The Morgan fingerprint density at radius 1 is 0.750 bits per heavy atom. The molecule has 0 bridgehead atoms. The molecule has 3 nitrogen and oxygen atoms in total. The summed E-state index contributed by atoms with van der Waals surface area (Å²) in [5.74, 6) is 0. The van der Waals surface area contributed by atoms with Gasteiger partial charge in [0, 0.05) is 5.39 Å². The number of hydrogen-bond donors (Lipinski definition) is 2. The van der Waals surface area contributed by atoms with Gasteiger partial charge in [-0.3, -0.25) is 15.6 Å². The van der Waals surface area contributed by atoms with E-state index in [1.807, 2.05) is 6.07 Å². The Bertz CT molecular complexity index is 914. The van der Waals surface area contributed by atoms with Crippen LogP contribution >= 0.6 is 0 Å². The summed E-state index contributed by atoms with van der Waals surface area (Å²) in [4.78, 5) is 10.5. The number of amides is 1. The summed E-state index contributed by atoms with van der Waals surface area (Å²) in [5, 5.41) is 7.31. The summed E-state index contributed by atoms with van der Waals surface area (Å²) < 4.78 is 0. The van der Waals surface area contributed by atoms with Crippen molar-refractivity contribution < 1.29 is 4.79 Å². The second-order valence-corrected chi connectivity index (χ2v) is 4.86. The smallest absolute Gasteiger partial charge is 0.225 e. The average Bonchev–Trinajstić information content (AvgIpc) is 2.51. The molecule has 0 unspecified atom stereocenters. The Hall–Kier alpha value is -2.81. The van der Waals surface area contributed by atoms with Gasteiger partial charge >= 0.3 is 0 Å². The Balaban J connectivity index is 2.17. The lowest BCUT2D eigenvalue weighted by molar-refractivity contribution is -0.109. The van der Waals surface area contributed by atoms with E-state index in [4.69, 9.17) is 0 Å². The van der Waals surface area contributed by atoms with E-state index in [-0.39, 0.29) is 0 Å². The molecule has 0 aromatic heterocycles. The minimum Gasteiger partial charge on any atom is -0.298 e. The van der Waals surface area contributed by atoms with Crippen molar-refractivity contribution in [3.8, 4) is 0 Å². The van der Waals surface area contributed by atoms with E-state index in [9.17, 15) is 4.79 Å². The van der Waals surface area contributed by atoms with Gasteiger partial charge in [-0.1, -0.05) is 48.5 Å². The second kappa shape index (κ2) is 4.10. The Morgan fingerprint density at radius 2 is 1.40 bits per heavy atom. The summed E-state index contributed by atoms with van der Waals surface area (Å²) in [5.41, 5.74) is 6.34. The topological polar surface area (TPSA) is 41.1 Å². The molecule has 0 spiro atoms. The van der Waals surface area contributed by atoms with E-state index in [1.165, 1.54) is 26.9 Å². The van der Waals surface area contributed by atoms with Crippen LogP contribution in [0.5, 0.6) is 0 Å². The maximum Gasteiger partial charge on any atom is 0.225 e.